The van der Waals surface area contributed by atoms with Gasteiger partial charge in [-0.15, -0.1) is 0 Å². The number of hydrogen-bond acceptors (Lipinski definition) is 8. The molecule has 2 aromatic rings. The average Bonchev–Trinajstić information content (AvgIpc) is 3.08. The van der Waals surface area contributed by atoms with Gasteiger partial charge in [0.2, 0.25) is 0 Å². The maximum atomic E-state index is 12.6. The van der Waals surface area contributed by atoms with Gasteiger partial charge < -0.3 is 24.2 Å². The van der Waals surface area contributed by atoms with Crippen LogP contribution in [0.15, 0.2) is 63.7 Å². The lowest BCUT2D eigenvalue weighted by Gasteiger charge is -2.11. The van der Waals surface area contributed by atoms with Crippen LogP contribution in [-0.4, -0.2) is 51.0 Å². The number of methoxy groups -OCH3 is 2. The van der Waals surface area contributed by atoms with E-state index in [0.717, 1.165) is 11.3 Å². The van der Waals surface area contributed by atoms with Crippen LogP contribution in [0.25, 0.3) is 6.08 Å². The Morgan fingerprint density at radius 1 is 1.09 bits per heavy atom. The van der Waals surface area contributed by atoms with Crippen molar-refractivity contribution in [1.82, 2.24) is 0 Å². The van der Waals surface area contributed by atoms with Gasteiger partial charge in [0.25, 0.3) is 0 Å². The van der Waals surface area contributed by atoms with Crippen LogP contribution < -0.4 is 14.4 Å². The zero-order valence-electron chi connectivity index (χ0n) is 18.7. The normalized spacial score (nSPS) is 15.9. The molecule has 32 heavy (non-hydrogen) atoms. The van der Waals surface area contributed by atoms with Crippen molar-refractivity contribution in [2.45, 2.75) is 6.92 Å². The molecule has 0 fully saturated rings. The van der Waals surface area contributed by atoms with Crippen molar-refractivity contribution < 1.29 is 24.1 Å². The molecule has 3 rings (SSSR count). The van der Waals surface area contributed by atoms with Gasteiger partial charge in [0.1, 0.15) is 16.4 Å². The van der Waals surface area contributed by atoms with E-state index in [1.165, 1.54) is 18.9 Å². The molecule has 1 aliphatic rings. The van der Waals surface area contributed by atoms with Crippen LogP contribution in [0.1, 0.15) is 12.5 Å². The fourth-order valence-corrected chi connectivity index (χ4v) is 4.06. The van der Waals surface area contributed by atoms with E-state index in [0.29, 0.717) is 27.1 Å². The van der Waals surface area contributed by atoms with Crippen LogP contribution in [0.5, 0.6) is 11.5 Å². The second kappa shape index (κ2) is 10.3. The first-order valence-corrected chi connectivity index (χ1v) is 10.8. The van der Waals surface area contributed by atoms with Crippen LogP contribution in [0, 0.1) is 0 Å². The summed E-state index contributed by atoms with van der Waals surface area (Å²) in [4.78, 5) is 19.7. The second-order valence-electron chi connectivity index (χ2n) is 7.00. The number of aliphatic hydroxyl groups is 1. The highest BCUT2D eigenvalue weighted by Crippen LogP contribution is 2.41. The highest BCUT2D eigenvalue weighted by atomic mass is 32.2. The Balaban J connectivity index is 2.01. The summed E-state index contributed by atoms with van der Waals surface area (Å²) in [6, 6.07) is 13.0. The van der Waals surface area contributed by atoms with Crippen molar-refractivity contribution in [1.29, 1.82) is 0 Å². The topological polar surface area (TPSA) is 80.6 Å². The SMILES string of the molecule is CCOC(=O)C1=C(O)/C(=C\c2ccc(N(C)C)cc2)SC1=Nc1ccc(OC)c(OC)c1. The molecule has 7 nitrogen and oxygen atoms in total. The third kappa shape index (κ3) is 5.08. The van der Waals surface area contributed by atoms with Crippen molar-refractivity contribution in [2.24, 2.45) is 4.99 Å². The van der Waals surface area contributed by atoms with E-state index in [-0.39, 0.29) is 17.9 Å². The molecule has 0 spiro atoms. The molecule has 0 saturated carbocycles. The highest BCUT2D eigenvalue weighted by molar-refractivity contribution is 8.18. The molecule has 168 valence electrons. The lowest BCUT2D eigenvalue weighted by Crippen LogP contribution is -2.12. The molecule has 0 aromatic heterocycles. The number of aliphatic imine (C=N–C) groups is 1. The molecule has 8 heteroatoms. The quantitative estimate of drug-likeness (QED) is 0.592. The first-order valence-electron chi connectivity index (χ1n) is 9.96. The van der Waals surface area contributed by atoms with E-state index < -0.39 is 5.97 Å². The van der Waals surface area contributed by atoms with Gasteiger partial charge in [-0.2, -0.15) is 0 Å². The summed E-state index contributed by atoms with van der Waals surface area (Å²) in [5.74, 6) is 0.314. The van der Waals surface area contributed by atoms with Crippen LogP contribution in [0.2, 0.25) is 0 Å². The van der Waals surface area contributed by atoms with Gasteiger partial charge in [-0.1, -0.05) is 23.9 Å². The number of rotatable bonds is 7. The zero-order chi connectivity index (χ0) is 23.3. The molecule has 0 bridgehead atoms. The predicted molar refractivity (Wildman–Crippen MR) is 129 cm³/mol. The van der Waals surface area contributed by atoms with E-state index >= 15 is 0 Å². The van der Waals surface area contributed by atoms with Gasteiger partial charge in [0, 0.05) is 25.8 Å². The monoisotopic (exact) mass is 454 g/mol. The number of esters is 1. The maximum absolute atomic E-state index is 12.6. The molecule has 0 aliphatic carbocycles. The number of carbonyl (C=O) groups is 1. The van der Waals surface area contributed by atoms with Gasteiger partial charge in [0.05, 0.1) is 31.4 Å². The summed E-state index contributed by atoms with van der Waals surface area (Å²) in [5, 5.41) is 11.2. The number of ether oxygens (including phenoxy) is 3. The summed E-state index contributed by atoms with van der Waals surface area (Å²) >= 11 is 1.21. The van der Waals surface area contributed by atoms with Crippen molar-refractivity contribution in [2.75, 3.05) is 39.8 Å². The molecule has 0 saturated heterocycles. The first-order chi connectivity index (χ1) is 15.4. The number of thioether (sulfide) groups is 1. The number of hydrogen-bond donors (Lipinski definition) is 1. The Morgan fingerprint density at radius 3 is 2.38 bits per heavy atom. The fourth-order valence-electron chi connectivity index (χ4n) is 3.02. The minimum absolute atomic E-state index is 0.0443. The van der Waals surface area contributed by atoms with Gasteiger partial charge in [-0.05, 0) is 42.8 Å². The van der Waals surface area contributed by atoms with Crippen molar-refractivity contribution in [3.63, 3.8) is 0 Å². The van der Waals surface area contributed by atoms with Gasteiger partial charge in [0.15, 0.2) is 11.5 Å². The number of carbonyl (C=O) groups excluding carboxylic acids is 1. The second-order valence-corrected chi connectivity index (χ2v) is 8.03. The maximum Gasteiger partial charge on any atom is 0.344 e. The number of benzene rings is 2. The Hall–Kier alpha value is -3.39. The van der Waals surface area contributed by atoms with E-state index in [4.69, 9.17) is 14.2 Å². The molecule has 1 N–H and O–H groups in total. The minimum atomic E-state index is -0.622. The smallest absolute Gasteiger partial charge is 0.344 e. The summed E-state index contributed by atoms with van der Waals surface area (Å²) in [5.41, 5.74) is 2.55. The van der Waals surface area contributed by atoms with Crippen molar-refractivity contribution in [3.05, 3.63) is 64.3 Å². The lowest BCUT2D eigenvalue weighted by molar-refractivity contribution is -0.138. The van der Waals surface area contributed by atoms with Crippen LogP contribution >= 0.6 is 11.8 Å². The molecular formula is C24H26N2O5S. The first kappa shape index (κ1) is 23.3. The summed E-state index contributed by atoms with van der Waals surface area (Å²) in [6.45, 7) is 1.90. The summed E-state index contributed by atoms with van der Waals surface area (Å²) in [7, 11) is 7.03. The van der Waals surface area contributed by atoms with Crippen LogP contribution in [0.3, 0.4) is 0 Å². The van der Waals surface area contributed by atoms with Crippen LogP contribution in [0.4, 0.5) is 11.4 Å². The molecule has 2 aromatic carbocycles. The van der Waals surface area contributed by atoms with Crippen molar-refractivity contribution in [3.8, 4) is 11.5 Å². The van der Waals surface area contributed by atoms with Crippen molar-refractivity contribution >= 4 is 40.2 Å². The van der Waals surface area contributed by atoms with Gasteiger partial charge in [-0.3, -0.25) is 0 Å². The molecule has 0 atom stereocenters. The Labute approximate surface area is 192 Å². The van der Waals surface area contributed by atoms with Gasteiger partial charge in [-0.25, -0.2) is 9.79 Å². The third-order valence-corrected chi connectivity index (χ3v) is 5.70. The predicted octanol–water partition coefficient (Wildman–Crippen LogP) is 4.96. The minimum Gasteiger partial charge on any atom is -0.506 e. The average molecular weight is 455 g/mol. The van der Waals surface area contributed by atoms with E-state index in [9.17, 15) is 9.90 Å². The van der Waals surface area contributed by atoms with Gasteiger partial charge >= 0.3 is 5.97 Å². The number of nitrogens with zero attached hydrogens (tertiary/aromatic N) is 2. The summed E-state index contributed by atoms with van der Waals surface area (Å²) in [6.07, 6.45) is 1.82. The fraction of sp³-hybridized carbons (Fsp3) is 0.250. The van der Waals surface area contributed by atoms with E-state index in [1.807, 2.05) is 49.3 Å². The molecular weight excluding hydrogens is 428 g/mol. The Morgan fingerprint density at radius 2 is 1.78 bits per heavy atom. The Bertz CT molecular complexity index is 1090. The highest BCUT2D eigenvalue weighted by Gasteiger charge is 2.33. The zero-order valence-corrected chi connectivity index (χ0v) is 19.5. The molecule has 0 amide bonds. The van der Waals surface area contributed by atoms with Crippen LogP contribution in [-0.2, 0) is 9.53 Å². The molecule has 0 unspecified atom stereocenters. The summed E-state index contributed by atoms with van der Waals surface area (Å²) < 4.78 is 15.8. The lowest BCUT2D eigenvalue weighted by atomic mass is 10.1. The molecule has 0 radical (unpaired) electrons. The Kier molecular flexibility index (Phi) is 7.48. The molecule has 1 heterocycles. The standard InChI is InChI=1S/C24H26N2O5S/c1-6-31-24(28)21-22(27)20(13-15-7-10-17(11-8-15)26(2)3)32-23(21)25-16-9-12-18(29-4)19(14-16)30-5/h7-14,27H,6H2,1-5H3/b20-13+,25-23?. The number of anilines is 1. The van der Waals surface area contributed by atoms with E-state index in [2.05, 4.69) is 4.99 Å². The van der Waals surface area contributed by atoms with E-state index in [1.54, 1.807) is 32.2 Å². The third-order valence-electron chi connectivity index (χ3n) is 4.68. The largest absolute Gasteiger partial charge is 0.506 e. The molecule has 1 aliphatic heterocycles. The number of aliphatic hydroxyl groups excluding tert-OH is 1.